The van der Waals surface area contributed by atoms with Gasteiger partial charge in [-0.1, -0.05) is 12.1 Å². The highest BCUT2D eigenvalue weighted by molar-refractivity contribution is 5.89. The van der Waals surface area contributed by atoms with Gasteiger partial charge in [0.1, 0.15) is 0 Å². The van der Waals surface area contributed by atoms with Crippen LogP contribution in [0.3, 0.4) is 0 Å². The van der Waals surface area contributed by atoms with Crippen LogP contribution in [0.5, 0.6) is 0 Å². The van der Waals surface area contributed by atoms with Crippen molar-refractivity contribution in [2.24, 2.45) is 0 Å². The van der Waals surface area contributed by atoms with Gasteiger partial charge < -0.3 is 10.6 Å². The van der Waals surface area contributed by atoms with E-state index in [2.05, 4.69) is 25.6 Å². The number of nitrogens with one attached hydrogen (secondary N) is 2. The molecule has 0 spiro atoms. The third-order valence-corrected chi connectivity index (χ3v) is 4.57. The topological polar surface area (TPSA) is 79.8 Å². The maximum Gasteiger partial charge on any atom is 0.418 e. The molecule has 156 valence electrons. The van der Waals surface area contributed by atoms with Crippen molar-refractivity contribution in [2.45, 2.75) is 12.2 Å². The first-order valence-electron chi connectivity index (χ1n) is 9.26. The van der Waals surface area contributed by atoms with E-state index in [9.17, 15) is 18.0 Å². The van der Waals surface area contributed by atoms with Crippen molar-refractivity contribution in [1.29, 1.82) is 0 Å². The number of alkyl halides is 3. The zero-order valence-corrected chi connectivity index (χ0v) is 16.0. The van der Waals surface area contributed by atoms with E-state index >= 15 is 0 Å². The molecule has 0 bridgehead atoms. The number of pyridine rings is 3. The van der Waals surface area contributed by atoms with Crippen molar-refractivity contribution in [3.8, 4) is 0 Å². The zero-order chi connectivity index (χ0) is 21.8. The normalized spacial score (nSPS) is 12.4. The average Bonchev–Trinajstić information content (AvgIpc) is 2.77. The van der Waals surface area contributed by atoms with Gasteiger partial charge in [0.15, 0.2) is 0 Å². The van der Waals surface area contributed by atoms with Crippen LogP contribution in [0.15, 0.2) is 79.4 Å². The SMILES string of the molecule is O=C(Nc1cccnc1)N[C@@H](c1ccc2ncccc2c1)c1ncccc1C(F)(F)F. The lowest BCUT2D eigenvalue weighted by atomic mass is 9.97. The number of anilines is 1. The molecule has 0 unspecified atom stereocenters. The number of hydrogen-bond acceptors (Lipinski definition) is 4. The largest absolute Gasteiger partial charge is 0.418 e. The van der Waals surface area contributed by atoms with Gasteiger partial charge in [-0.25, -0.2) is 4.79 Å². The first-order valence-corrected chi connectivity index (χ1v) is 9.26. The molecule has 4 aromatic rings. The van der Waals surface area contributed by atoms with Crippen LogP contribution in [-0.2, 0) is 6.18 Å². The molecule has 6 nitrogen and oxygen atoms in total. The van der Waals surface area contributed by atoms with Crippen LogP contribution in [-0.4, -0.2) is 21.0 Å². The van der Waals surface area contributed by atoms with Gasteiger partial charge in [0.2, 0.25) is 0 Å². The smallest absolute Gasteiger partial charge is 0.325 e. The van der Waals surface area contributed by atoms with Crippen LogP contribution in [0.25, 0.3) is 10.9 Å². The molecule has 1 atom stereocenters. The lowest BCUT2D eigenvalue weighted by Gasteiger charge is -2.23. The molecule has 3 heterocycles. The van der Waals surface area contributed by atoms with E-state index in [4.69, 9.17) is 0 Å². The molecule has 0 aliphatic carbocycles. The third kappa shape index (κ3) is 4.61. The predicted molar refractivity (Wildman–Crippen MR) is 109 cm³/mol. The van der Waals surface area contributed by atoms with Crippen LogP contribution in [0.1, 0.15) is 22.9 Å². The summed E-state index contributed by atoms with van der Waals surface area (Å²) in [5.74, 6) is 0. The minimum Gasteiger partial charge on any atom is -0.325 e. The molecule has 0 fully saturated rings. The van der Waals surface area contributed by atoms with E-state index in [1.54, 1.807) is 54.9 Å². The summed E-state index contributed by atoms with van der Waals surface area (Å²) in [7, 11) is 0. The molecule has 0 radical (unpaired) electrons. The number of amides is 2. The van der Waals surface area contributed by atoms with Gasteiger partial charge in [0, 0.05) is 24.0 Å². The van der Waals surface area contributed by atoms with Crippen LogP contribution < -0.4 is 10.6 Å². The first kappa shape index (κ1) is 20.3. The number of urea groups is 1. The monoisotopic (exact) mass is 423 g/mol. The number of rotatable bonds is 4. The van der Waals surface area contributed by atoms with Gasteiger partial charge in [-0.3, -0.25) is 15.0 Å². The van der Waals surface area contributed by atoms with Crippen molar-refractivity contribution in [1.82, 2.24) is 20.3 Å². The highest BCUT2D eigenvalue weighted by Crippen LogP contribution is 2.36. The zero-order valence-electron chi connectivity index (χ0n) is 16.0. The second kappa shape index (κ2) is 8.39. The van der Waals surface area contributed by atoms with E-state index in [0.29, 0.717) is 16.8 Å². The van der Waals surface area contributed by atoms with Crippen LogP contribution in [0, 0.1) is 0 Å². The Bertz CT molecular complexity index is 1210. The number of aromatic nitrogens is 3. The minimum atomic E-state index is -4.64. The molecule has 2 amide bonds. The number of nitrogens with zero attached hydrogens (tertiary/aromatic N) is 3. The predicted octanol–water partition coefficient (Wildman–Crippen LogP) is 4.95. The van der Waals surface area contributed by atoms with E-state index < -0.39 is 23.8 Å². The Labute approximate surface area is 175 Å². The van der Waals surface area contributed by atoms with Gasteiger partial charge in [0.05, 0.1) is 34.7 Å². The van der Waals surface area contributed by atoms with Crippen molar-refractivity contribution in [3.05, 3.63) is 96.2 Å². The third-order valence-electron chi connectivity index (χ3n) is 4.57. The van der Waals surface area contributed by atoms with Gasteiger partial charge in [-0.2, -0.15) is 13.2 Å². The Morgan fingerprint density at radius 3 is 2.48 bits per heavy atom. The first-order chi connectivity index (χ1) is 14.9. The standard InChI is InChI=1S/C22H16F3N5O/c23-22(24,25)17-6-3-11-28-20(17)19(30-21(31)29-16-5-2-9-26-13-16)15-7-8-18-14(12-15)4-1-10-27-18/h1-13,19H,(H2,29,30,31)/t19-/m0/s1. The number of halogens is 3. The average molecular weight is 423 g/mol. The van der Waals surface area contributed by atoms with Crippen molar-refractivity contribution >= 4 is 22.6 Å². The molecule has 9 heteroatoms. The van der Waals surface area contributed by atoms with Crippen LogP contribution >= 0.6 is 0 Å². The molecule has 0 aliphatic heterocycles. The van der Waals surface area contributed by atoms with Gasteiger partial charge in [-0.05, 0) is 48.0 Å². The molecule has 3 aromatic heterocycles. The Morgan fingerprint density at radius 2 is 1.71 bits per heavy atom. The minimum absolute atomic E-state index is 0.306. The molecular formula is C22H16F3N5O. The maximum atomic E-state index is 13.7. The Hall–Kier alpha value is -4.01. The van der Waals surface area contributed by atoms with E-state index in [0.717, 1.165) is 11.5 Å². The van der Waals surface area contributed by atoms with Crippen molar-refractivity contribution in [2.75, 3.05) is 5.32 Å². The van der Waals surface area contributed by atoms with Crippen molar-refractivity contribution in [3.63, 3.8) is 0 Å². The highest BCUT2D eigenvalue weighted by atomic mass is 19.4. The van der Waals surface area contributed by atoms with Crippen LogP contribution in [0.4, 0.5) is 23.7 Å². The second-order valence-electron chi connectivity index (χ2n) is 6.66. The van der Waals surface area contributed by atoms with E-state index in [-0.39, 0.29) is 5.69 Å². The Kier molecular flexibility index (Phi) is 5.48. The summed E-state index contributed by atoms with van der Waals surface area (Å²) in [6.07, 6.45) is 1.22. The summed E-state index contributed by atoms with van der Waals surface area (Å²) in [5.41, 5.74) is 0.291. The molecule has 0 saturated heterocycles. The fraction of sp³-hybridized carbons (Fsp3) is 0.0909. The molecule has 4 rings (SSSR count). The number of benzene rings is 1. The van der Waals surface area contributed by atoms with Crippen LogP contribution in [0.2, 0.25) is 0 Å². The number of carbonyl (C=O) groups is 1. The molecule has 31 heavy (non-hydrogen) atoms. The fourth-order valence-electron chi connectivity index (χ4n) is 3.21. The fourth-order valence-corrected chi connectivity index (χ4v) is 3.21. The molecular weight excluding hydrogens is 407 g/mol. The molecule has 0 saturated carbocycles. The number of hydrogen-bond donors (Lipinski definition) is 2. The summed E-state index contributed by atoms with van der Waals surface area (Å²) >= 11 is 0. The molecule has 1 aromatic carbocycles. The Morgan fingerprint density at radius 1 is 0.935 bits per heavy atom. The summed E-state index contributed by atoms with van der Waals surface area (Å²) in [6.45, 7) is 0. The quantitative estimate of drug-likeness (QED) is 0.487. The summed E-state index contributed by atoms with van der Waals surface area (Å²) in [5, 5.41) is 5.91. The Balaban J connectivity index is 1.76. The summed E-state index contributed by atoms with van der Waals surface area (Å²) < 4.78 is 41.0. The van der Waals surface area contributed by atoms with Gasteiger partial charge in [0.25, 0.3) is 0 Å². The van der Waals surface area contributed by atoms with Gasteiger partial charge >= 0.3 is 12.2 Å². The van der Waals surface area contributed by atoms with Gasteiger partial charge in [-0.15, -0.1) is 0 Å². The summed E-state index contributed by atoms with van der Waals surface area (Å²) in [6, 6.07) is 12.1. The van der Waals surface area contributed by atoms with Crippen molar-refractivity contribution < 1.29 is 18.0 Å². The van der Waals surface area contributed by atoms with E-state index in [1.165, 1.54) is 18.5 Å². The number of carbonyl (C=O) groups excluding carboxylic acids is 1. The number of fused-ring (bicyclic) bond motifs is 1. The molecule has 0 aliphatic rings. The lowest BCUT2D eigenvalue weighted by molar-refractivity contribution is -0.138. The highest BCUT2D eigenvalue weighted by Gasteiger charge is 2.37. The second-order valence-corrected chi connectivity index (χ2v) is 6.66. The molecule has 2 N–H and O–H groups in total. The summed E-state index contributed by atoms with van der Waals surface area (Å²) in [4.78, 5) is 24.7. The maximum absolute atomic E-state index is 13.7. The van der Waals surface area contributed by atoms with E-state index in [1.807, 2.05) is 0 Å². The lowest BCUT2D eigenvalue weighted by Crippen LogP contribution is -2.35.